The largest absolute Gasteiger partial charge is 0.129 e. The van der Waals surface area contributed by atoms with E-state index in [2.05, 4.69) is 201 Å². The Labute approximate surface area is 326 Å². The molecule has 4 aliphatic rings. The maximum absolute atomic E-state index is 3.80. The zero-order chi connectivity index (χ0) is 36.8. The van der Waals surface area contributed by atoms with Crippen molar-refractivity contribution >= 4 is 131 Å². The van der Waals surface area contributed by atoms with Crippen molar-refractivity contribution in [3.8, 4) is 0 Å². The molecule has 46 heavy (non-hydrogen) atoms. The first-order valence-corrected chi connectivity index (χ1v) is 66.3. The van der Waals surface area contributed by atoms with Crippen molar-refractivity contribution in [1.29, 1.82) is 0 Å². The van der Waals surface area contributed by atoms with E-state index in [4.69, 9.17) is 0 Å². The number of hydrogen-bond donors (Lipinski definition) is 0. The Bertz CT molecular complexity index is 1040. The normalized spacial score (nSPS) is 33.0. The number of halogens is 2. The van der Waals surface area contributed by atoms with E-state index in [-0.39, 0.29) is 0 Å². The van der Waals surface area contributed by atoms with Crippen LogP contribution in [0.5, 0.6) is 0 Å². The second-order valence-corrected chi connectivity index (χ2v) is 146. The van der Waals surface area contributed by atoms with Gasteiger partial charge in [0.2, 0.25) is 0 Å². The summed E-state index contributed by atoms with van der Waals surface area (Å²) in [6, 6.07) is 0. The van der Waals surface area contributed by atoms with Gasteiger partial charge in [0.05, 0.1) is 14.2 Å². The second kappa shape index (κ2) is 10.5. The average molecular weight is 1060 g/mol. The quantitative estimate of drug-likeness (QED) is 0.129. The molecule has 0 unspecified atom stereocenters. The minimum Gasteiger partial charge on any atom is -0.129 e. The molecule has 0 aromatic carbocycles. The Morgan fingerprint density at radius 3 is 0.478 bits per heavy atom. The highest BCUT2D eigenvalue weighted by atomic mass is 127. The van der Waals surface area contributed by atoms with Crippen molar-refractivity contribution in [1.82, 2.24) is 0 Å². The zero-order valence-electron chi connectivity index (χ0n) is 35.6. The van der Waals surface area contributed by atoms with Gasteiger partial charge < -0.3 is 0 Å². The summed E-state index contributed by atoms with van der Waals surface area (Å²) in [5.74, 6) is 0. The Morgan fingerprint density at radius 2 is 0.391 bits per heavy atom. The summed E-state index contributed by atoms with van der Waals surface area (Å²) in [5, 5.41) is 0. The Morgan fingerprint density at radius 1 is 0.283 bits per heavy atom. The maximum atomic E-state index is 3.80. The first kappa shape index (κ1) is 42.8. The monoisotopic (exact) mass is 1050 g/mol. The molecule has 4 fully saturated rings. The molecule has 4 rings (SSSR count). The topological polar surface area (TPSA) is 0 Å². The lowest BCUT2D eigenvalue weighted by atomic mass is 10.4. The summed E-state index contributed by atoms with van der Waals surface area (Å²) in [4.78, 5) is 0. The van der Waals surface area contributed by atoms with Crippen LogP contribution < -0.4 is 0 Å². The summed E-state index contributed by atoms with van der Waals surface area (Å²) in [7, 11) is -15.1. The number of rotatable bonds is 8. The lowest BCUT2D eigenvalue weighted by Gasteiger charge is -2.74. The third-order valence-electron chi connectivity index (χ3n) is 17.0. The van der Waals surface area contributed by atoms with Crippen molar-refractivity contribution in [2.75, 3.05) is 0 Å². The molecule has 4 aliphatic heterocycles. The van der Waals surface area contributed by atoms with Gasteiger partial charge in [-0.05, 0) is 17.1 Å². The fourth-order valence-electron chi connectivity index (χ4n) is 18.1. The second-order valence-electron chi connectivity index (χ2n) is 25.4. The van der Waals surface area contributed by atoms with Crippen LogP contribution in [0.25, 0.3) is 0 Å². The van der Waals surface area contributed by atoms with Gasteiger partial charge in [0.25, 0.3) is 0 Å². The highest BCUT2D eigenvalue weighted by Crippen LogP contribution is 3.06. The molecule has 2 spiro atoms. The van der Waals surface area contributed by atoms with Crippen molar-refractivity contribution < 1.29 is 0 Å². The van der Waals surface area contributed by atoms with E-state index in [9.17, 15) is 0 Å². The Kier molecular flexibility index (Phi) is 9.74. The van der Waals surface area contributed by atoms with E-state index in [1.807, 2.05) is 0 Å². The van der Waals surface area contributed by atoms with E-state index in [0.29, 0.717) is 0 Å². The lowest BCUT2D eigenvalue weighted by Crippen LogP contribution is -2.89. The van der Waals surface area contributed by atoms with Gasteiger partial charge in [-0.2, -0.15) is 0 Å². The summed E-state index contributed by atoms with van der Waals surface area (Å²) in [5.41, 5.74) is 0. The predicted molar refractivity (Wildman–Crippen MR) is 267 cm³/mol. The molecule has 0 radical (unpaired) electrons. The molecule has 0 aromatic heterocycles. The fourth-order valence-corrected chi connectivity index (χ4v) is 620. The van der Waals surface area contributed by atoms with Crippen LogP contribution in [0.3, 0.4) is 0 Å². The molecule has 0 nitrogen and oxygen atoms in total. The van der Waals surface area contributed by atoms with Gasteiger partial charge >= 0.3 is 0 Å². The zero-order valence-corrected chi connectivity index (χ0v) is 51.9. The van der Waals surface area contributed by atoms with E-state index < -0.39 is 87.1 Å². The molecule has 270 valence electrons. The molecular weight excluding hydrogens is 975 g/mol. The predicted octanol–water partition coefficient (Wildman–Crippen LogP) is 13.6. The molecule has 0 N–H and O–H groups in total. The molecule has 0 atom stereocenters. The molecule has 0 bridgehead atoms. The fraction of sp³-hybridized carbons (Fsp3) is 1.00. The smallest absolute Gasteiger partial charge is 0.107 e. The molecule has 0 aliphatic carbocycles. The van der Waals surface area contributed by atoms with Crippen LogP contribution in [-0.4, -0.2) is 87.1 Å². The van der Waals surface area contributed by atoms with E-state index >= 15 is 0 Å². The van der Waals surface area contributed by atoms with Crippen molar-refractivity contribution in [2.45, 2.75) is 200 Å². The highest BCUT2D eigenvalue weighted by Gasteiger charge is 3.26. The molecule has 0 aromatic rings. The summed E-state index contributed by atoms with van der Waals surface area (Å²) >= 11 is 7.61. The molecule has 4 saturated heterocycles. The van der Waals surface area contributed by atoms with Gasteiger partial charge in [-0.1, -0.05) is 183 Å². The van der Waals surface area contributed by atoms with Crippen LogP contribution in [0.1, 0.15) is 25.7 Å². The molecule has 0 amide bonds. The van der Waals surface area contributed by atoms with Crippen LogP contribution in [-0.2, 0) is 0 Å². The third-order valence-corrected chi connectivity index (χ3v) is 280. The molecule has 0 saturated carbocycles. The SMILES string of the molecule is C[Si](C)(C)C1([Si](C)(C)C)CCC([Si](C)(C)C)([Si](C)(C)C)[Si]12[Si]1(I)[Si]3(C([Si](C)(C)C)([Si](C)(C)C)CCC3([Si](C)(C)C)[Si](C)(C)C)[Si]21I. The van der Waals surface area contributed by atoms with Gasteiger partial charge in [-0.15, -0.1) is 43.6 Å². The standard InChI is InChI=1S/C32H80I2Si12/c1-35(2,3)29(36(4,5)6)25-26-30(37(7,8)9,38(10,11)12)43(29)45(33)44(46(43,45)34)31(39(13,14)15,40(16,17)18)27-28-32(44,41(19,20)21)42(22,23)24/h25-28H2,1-24H3. The number of fused-ring (bicyclic) bond motifs is 5. The first-order valence-electron chi connectivity index (χ1n) is 19.0. The summed E-state index contributed by atoms with van der Waals surface area (Å²) in [6.45, 7) is 71.7. The lowest BCUT2D eigenvalue weighted by molar-refractivity contribution is 0.763. The number of hydrogen-bond acceptors (Lipinski definition) is 0. The van der Waals surface area contributed by atoms with E-state index in [1.54, 1.807) is 25.7 Å². The van der Waals surface area contributed by atoms with Gasteiger partial charge in [0, 0.05) is 64.6 Å². The van der Waals surface area contributed by atoms with Gasteiger partial charge in [0.15, 0.2) is 0 Å². The van der Waals surface area contributed by atoms with Crippen LogP contribution in [0.4, 0.5) is 0 Å². The minimum atomic E-state index is -1.63. The Hall–Kier alpha value is 4.06. The van der Waals surface area contributed by atoms with Gasteiger partial charge in [0.1, 0.15) is 8.25 Å². The van der Waals surface area contributed by atoms with E-state index in [1.165, 1.54) is 0 Å². The van der Waals surface area contributed by atoms with E-state index in [0.717, 1.165) is 17.1 Å². The van der Waals surface area contributed by atoms with Gasteiger partial charge in [-0.25, -0.2) is 0 Å². The first-order chi connectivity index (χ1) is 19.7. The van der Waals surface area contributed by atoms with Crippen LogP contribution in [0.15, 0.2) is 0 Å². The van der Waals surface area contributed by atoms with Crippen molar-refractivity contribution in [3.63, 3.8) is 0 Å². The summed E-state index contributed by atoms with van der Waals surface area (Å²) < 4.78 is 0.474. The van der Waals surface area contributed by atoms with Crippen molar-refractivity contribution in [3.05, 3.63) is 0 Å². The highest BCUT2D eigenvalue weighted by molar-refractivity contribution is 14.2. The Balaban J connectivity index is 2.42. The average Bonchev–Trinajstić information content (AvgIpc) is 3.22. The van der Waals surface area contributed by atoms with Crippen LogP contribution >= 0.6 is 43.6 Å². The third kappa shape index (κ3) is 3.81. The minimum absolute atomic E-state index is 0.879. The molecule has 4 heterocycles. The van der Waals surface area contributed by atoms with Crippen LogP contribution in [0, 0.1) is 0 Å². The maximum Gasteiger partial charge on any atom is 0.107 e. The molecule has 14 heteroatoms. The molecular formula is C32H80I2Si12. The van der Waals surface area contributed by atoms with Gasteiger partial charge in [-0.3, -0.25) is 0 Å². The summed E-state index contributed by atoms with van der Waals surface area (Å²) in [6.07, 6.45) is 6.88. The van der Waals surface area contributed by atoms with Crippen LogP contribution in [0.2, 0.25) is 174 Å². The van der Waals surface area contributed by atoms with Crippen molar-refractivity contribution in [2.24, 2.45) is 0 Å².